The Morgan fingerprint density at radius 1 is 1.80 bits per heavy atom. The summed E-state index contributed by atoms with van der Waals surface area (Å²) in [5, 5.41) is 0. The summed E-state index contributed by atoms with van der Waals surface area (Å²) in [6.07, 6.45) is 1.35. The van der Waals surface area contributed by atoms with Crippen LogP contribution < -0.4 is 0 Å². The number of hydrogen-bond donors (Lipinski definition) is 0. The third-order valence-corrected chi connectivity index (χ3v) is 2.05. The Balaban J connectivity index is 2.19. The molecule has 32 valence electrons. The van der Waals surface area contributed by atoms with Crippen LogP contribution in [0.5, 0.6) is 0 Å². The van der Waals surface area contributed by atoms with Gasteiger partial charge in [0, 0.05) is 0 Å². The quantitative estimate of drug-likeness (QED) is 0.470. The summed E-state index contributed by atoms with van der Waals surface area (Å²) in [6.45, 7) is 2.21. The highest BCUT2D eigenvalue weighted by Gasteiger charge is 1.66. The average Bonchev–Trinajstić information content (AvgIpc) is 1.41. The van der Waals surface area contributed by atoms with Crippen LogP contribution in [0.15, 0.2) is 0 Å². The van der Waals surface area contributed by atoms with Crippen LogP contribution in [0.1, 0.15) is 6.92 Å². The predicted octanol–water partition coefficient (Wildman–Crippen LogP) is 1.52. The van der Waals surface area contributed by atoms with Crippen molar-refractivity contribution in [1.29, 1.82) is 0 Å². The first-order valence-electron chi connectivity index (χ1n) is 1.82. The van der Waals surface area contributed by atoms with E-state index in [2.05, 4.69) is 16.2 Å². The molecular formula is C3H10P2. The molecule has 0 N–H and O–H groups in total. The van der Waals surface area contributed by atoms with Crippen LogP contribution in [-0.4, -0.2) is 12.1 Å². The van der Waals surface area contributed by atoms with Crippen molar-refractivity contribution in [1.82, 2.24) is 0 Å². The fourth-order valence-corrected chi connectivity index (χ4v) is 1.30. The summed E-state index contributed by atoms with van der Waals surface area (Å²) in [6, 6.07) is 0. The molecule has 0 saturated heterocycles. The molecule has 0 aromatic rings. The lowest BCUT2D eigenvalue weighted by Gasteiger charge is -1.80. The summed E-state index contributed by atoms with van der Waals surface area (Å²) in [5.41, 5.74) is 0. The van der Waals surface area contributed by atoms with Gasteiger partial charge in [0.1, 0.15) is 0 Å². The first-order valence-corrected chi connectivity index (χ1v) is 4.05. The highest BCUT2D eigenvalue weighted by atomic mass is 31.1. The molecular weight excluding hydrogens is 98.0 g/mol. The molecule has 0 aromatic carbocycles. The molecule has 0 aliphatic rings. The lowest BCUT2D eigenvalue weighted by Crippen LogP contribution is -1.55. The van der Waals surface area contributed by atoms with Gasteiger partial charge in [-0.2, -0.15) is 0 Å². The van der Waals surface area contributed by atoms with E-state index in [9.17, 15) is 0 Å². The Labute approximate surface area is 37.7 Å². The van der Waals surface area contributed by atoms with Crippen LogP contribution >= 0.6 is 17.8 Å². The topological polar surface area (TPSA) is 0 Å². The molecule has 0 amide bonds. The molecule has 0 aliphatic carbocycles. The second-order valence-electron chi connectivity index (χ2n) is 0.808. The van der Waals surface area contributed by atoms with Gasteiger partial charge in [0.15, 0.2) is 0 Å². The smallest absolute Gasteiger partial charge is 0.0203 e. The lowest BCUT2D eigenvalue weighted by molar-refractivity contribution is 1.52. The Hall–Kier alpha value is 0.860. The number of hydrogen-bond acceptors (Lipinski definition) is 0. The molecule has 0 fully saturated rings. The molecule has 0 spiro atoms. The fraction of sp³-hybridized carbons (Fsp3) is 1.00. The Kier molecular flexibility index (Phi) is 5.70. The molecule has 0 rings (SSSR count). The standard InChI is InChI=1S/C3H10P2/c1-2-5-3-4/h5H,2-4H2,1H3. The molecule has 2 atom stereocenters. The van der Waals surface area contributed by atoms with E-state index >= 15 is 0 Å². The van der Waals surface area contributed by atoms with Gasteiger partial charge in [0.25, 0.3) is 0 Å². The minimum absolute atomic E-state index is 1.16. The molecule has 2 unspecified atom stereocenters. The third kappa shape index (κ3) is 4.86. The maximum Gasteiger partial charge on any atom is -0.0203 e. The van der Waals surface area contributed by atoms with E-state index in [1.54, 1.807) is 0 Å². The second kappa shape index (κ2) is 4.86. The van der Waals surface area contributed by atoms with Gasteiger partial charge in [-0.25, -0.2) is 0 Å². The SMILES string of the molecule is CCPCP. The van der Waals surface area contributed by atoms with E-state index in [0.717, 1.165) is 8.58 Å². The van der Waals surface area contributed by atoms with Gasteiger partial charge < -0.3 is 0 Å². The van der Waals surface area contributed by atoms with E-state index in [-0.39, 0.29) is 0 Å². The Bertz CT molecular complexity index is 12.4. The Morgan fingerprint density at radius 3 is 2.40 bits per heavy atom. The minimum atomic E-state index is 1.16. The maximum absolute atomic E-state index is 2.71. The highest BCUT2D eigenvalue weighted by Crippen LogP contribution is 2.10. The highest BCUT2D eigenvalue weighted by molar-refractivity contribution is 7.48. The van der Waals surface area contributed by atoms with Gasteiger partial charge in [-0.15, -0.1) is 17.8 Å². The zero-order chi connectivity index (χ0) is 4.12. The monoisotopic (exact) mass is 108 g/mol. The van der Waals surface area contributed by atoms with Crippen LogP contribution in [0.3, 0.4) is 0 Å². The van der Waals surface area contributed by atoms with Gasteiger partial charge in [-0.1, -0.05) is 6.92 Å². The fourth-order valence-electron chi connectivity index (χ4n) is 0.144. The average molecular weight is 108 g/mol. The molecule has 0 nitrogen and oxygen atoms in total. The summed E-state index contributed by atoms with van der Waals surface area (Å²) in [7, 11) is 3.87. The van der Waals surface area contributed by atoms with Gasteiger partial charge in [-0.05, 0) is 12.1 Å². The molecule has 0 aliphatic heterocycles. The largest absolute Gasteiger partial charge is 0.133 e. The van der Waals surface area contributed by atoms with E-state index in [1.807, 2.05) is 0 Å². The summed E-state index contributed by atoms with van der Waals surface area (Å²) in [5.74, 6) is 1.29. The van der Waals surface area contributed by atoms with E-state index in [0.29, 0.717) is 0 Å². The van der Waals surface area contributed by atoms with Crippen molar-refractivity contribution < 1.29 is 0 Å². The third-order valence-electron chi connectivity index (χ3n) is 0.394. The van der Waals surface area contributed by atoms with Crippen molar-refractivity contribution in [2.24, 2.45) is 0 Å². The second-order valence-corrected chi connectivity index (χ2v) is 3.65. The van der Waals surface area contributed by atoms with E-state index in [4.69, 9.17) is 0 Å². The summed E-state index contributed by atoms with van der Waals surface area (Å²) in [4.78, 5) is 0. The van der Waals surface area contributed by atoms with Gasteiger partial charge in [0.05, 0.1) is 0 Å². The zero-order valence-electron chi connectivity index (χ0n) is 3.49. The molecule has 5 heavy (non-hydrogen) atoms. The molecule has 2 heteroatoms. The van der Waals surface area contributed by atoms with Crippen molar-refractivity contribution in [3.8, 4) is 0 Å². The Morgan fingerprint density at radius 2 is 2.40 bits per heavy atom. The van der Waals surface area contributed by atoms with Crippen LogP contribution in [0.4, 0.5) is 0 Å². The van der Waals surface area contributed by atoms with Crippen molar-refractivity contribution in [2.45, 2.75) is 6.92 Å². The summed E-state index contributed by atoms with van der Waals surface area (Å²) >= 11 is 0. The van der Waals surface area contributed by atoms with Gasteiger partial charge in [-0.3, -0.25) is 0 Å². The van der Waals surface area contributed by atoms with Gasteiger partial charge >= 0.3 is 0 Å². The first-order chi connectivity index (χ1) is 2.41. The van der Waals surface area contributed by atoms with Crippen LogP contribution in [0, 0.1) is 0 Å². The normalized spacial score (nSPS) is 10.8. The first kappa shape index (κ1) is 5.86. The van der Waals surface area contributed by atoms with Crippen LogP contribution in [0.25, 0.3) is 0 Å². The molecule has 0 bridgehead atoms. The maximum atomic E-state index is 2.71. The van der Waals surface area contributed by atoms with E-state index < -0.39 is 0 Å². The van der Waals surface area contributed by atoms with Crippen molar-refractivity contribution in [3.63, 3.8) is 0 Å². The van der Waals surface area contributed by atoms with Crippen LogP contribution in [0.2, 0.25) is 0 Å². The van der Waals surface area contributed by atoms with Crippen molar-refractivity contribution in [3.05, 3.63) is 0 Å². The van der Waals surface area contributed by atoms with Crippen molar-refractivity contribution in [2.75, 3.05) is 12.1 Å². The molecule has 0 aromatic heterocycles. The lowest BCUT2D eigenvalue weighted by atomic mass is 11.0. The number of rotatable bonds is 2. The molecule has 0 radical (unpaired) electrons. The zero-order valence-corrected chi connectivity index (χ0v) is 5.65. The van der Waals surface area contributed by atoms with E-state index in [1.165, 1.54) is 12.1 Å². The predicted molar refractivity (Wildman–Crippen MR) is 33.4 cm³/mol. The summed E-state index contributed by atoms with van der Waals surface area (Å²) < 4.78 is 0. The molecule has 0 saturated carbocycles. The van der Waals surface area contributed by atoms with Crippen molar-refractivity contribution >= 4 is 17.8 Å². The minimum Gasteiger partial charge on any atom is -0.133 e. The van der Waals surface area contributed by atoms with Gasteiger partial charge in [0.2, 0.25) is 0 Å². The molecule has 0 heterocycles. The van der Waals surface area contributed by atoms with Crippen LogP contribution in [-0.2, 0) is 0 Å².